The third-order valence-electron chi connectivity index (χ3n) is 4.59. The number of sulfone groups is 1. The number of nitrogens with zero attached hydrogens (tertiary/aromatic N) is 2. The molecule has 6 nitrogen and oxygen atoms in total. The quantitative estimate of drug-likeness (QED) is 0.787. The molecule has 1 amide bonds. The van der Waals surface area contributed by atoms with Crippen LogP contribution in [0.15, 0.2) is 30.3 Å². The molecule has 3 rings (SSSR count). The molecular weight excluding hydrogens is 350 g/mol. The standard InChI is InChI=1S/C19H25N3O3S/c1-26(24,25)14-8-12-20-19(23)17-16-11-6-3-7-13-22(16)18(21-17)15-9-4-2-5-10-15/h2,4-5,9-10H,3,6-8,11-14H2,1H3,(H,20,23). The molecule has 2 aromatic rings. The van der Waals surface area contributed by atoms with E-state index in [0.717, 1.165) is 49.3 Å². The number of hydrogen-bond acceptors (Lipinski definition) is 4. The van der Waals surface area contributed by atoms with Gasteiger partial charge < -0.3 is 9.88 Å². The maximum absolute atomic E-state index is 12.7. The van der Waals surface area contributed by atoms with Gasteiger partial charge in [-0.05, 0) is 25.7 Å². The largest absolute Gasteiger partial charge is 0.351 e. The normalized spacial score (nSPS) is 14.5. The van der Waals surface area contributed by atoms with E-state index in [4.69, 9.17) is 0 Å². The predicted octanol–water partition coefficient (Wildman–Crippen LogP) is 2.44. The molecule has 7 heteroatoms. The van der Waals surface area contributed by atoms with E-state index in [1.807, 2.05) is 30.3 Å². The van der Waals surface area contributed by atoms with Crippen LogP contribution in [0.4, 0.5) is 0 Å². The van der Waals surface area contributed by atoms with Gasteiger partial charge in [-0.1, -0.05) is 36.8 Å². The molecule has 0 fully saturated rings. The zero-order chi connectivity index (χ0) is 18.6. The Morgan fingerprint density at radius 3 is 2.69 bits per heavy atom. The number of rotatable bonds is 6. The van der Waals surface area contributed by atoms with Crippen molar-refractivity contribution in [3.63, 3.8) is 0 Å². The highest BCUT2D eigenvalue weighted by atomic mass is 32.2. The highest BCUT2D eigenvalue weighted by Crippen LogP contribution is 2.27. The van der Waals surface area contributed by atoms with E-state index in [-0.39, 0.29) is 11.7 Å². The molecule has 0 spiro atoms. The molecule has 1 N–H and O–H groups in total. The molecular formula is C19H25N3O3S. The molecule has 1 aliphatic rings. The number of carbonyl (C=O) groups excluding carboxylic acids is 1. The highest BCUT2D eigenvalue weighted by Gasteiger charge is 2.24. The highest BCUT2D eigenvalue weighted by molar-refractivity contribution is 7.90. The molecule has 0 aliphatic carbocycles. The summed E-state index contributed by atoms with van der Waals surface area (Å²) in [6, 6.07) is 9.92. The van der Waals surface area contributed by atoms with Crippen LogP contribution < -0.4 is 5.32 Å². The van der Waals surface area contributed by atoms with Crippen LogP contribution in [0.25, 0.3) is 11.4 Å². The number of fused-ring (bicyclic) bond motifs is 1. The lowest BCUT2D eigenvalue weighted by Crippen LogP contribution is -2.27. The Labute approximate surface area is 154 Å². The predicted molar refractivity (Wildman–Crippen MR) is 102 cm³/mol. The number of imidazole rings is 1. The summed E-state index contributed by atoms with van der Waals surface area (Å²) in [5.74, 6) is 0.694. The van der Waals surface area contributed by atoms with Crippen LogP contribution in [0.5, 0.6) is 0 Å². The van der Waals surface area contributed by atoms with E-state index < -0.39 is 9.84 Å². The zero-order valence-electron chi connectivity index (χ0n) is 15.1. The molecule has 0 unspecified atom stereocenters. The maximum atomic E-state index is 12.7. The van der Waals surface area contributed by atoms with E-state index in [0.29, 0.717) is 18.7 Å². The van der Waals surface area contributed by atoms with Gasteiger partial charge in [-0.15, -0.1) is 0 Å². The second-order valence-corrected chi connectivity index (χ2v) is 9.06. The first kappa shape index (κ1) is 18.6. The van der Waals surface area contributed by atoms with Gasteiger partial charge in [0.25, 0.3) is 5.91 Å². The van der Waals surface area contributed by atoms with Crippen molar-refractivity contribution in [1.29, 1.82) is 0 Å². The summed E-state index contributed by atoms with van der Waals surface area (Å²) in [7, 11) is -3.01. The summed E-state index contributed by atoms with van der Waals surface area (Å²) in [4.78, 5) is 17.3. The summed E-state index contributed by atoms with van der Waals surface area (Å²) < 4.78 is 24.6. The second kappa shape index (κ2) is 8.03. The maximum Gasteiger partial charge on any atom is 0.271 e. The van der Waals surface area contributed by atoms with Gasteiger partial charge in [0.1, 0.15) is 21.4 Å². The van der Waals surface area contributed by atoms with Crippen LogP contribution >= 0.6 is 0 Å². The van der Waals surface area contributed by atoms with Gasteiger partial charge in [-0.25, -0.2) is 13.4 Å². The summed E-state index contributed by atoms with van der Waals surface area (Å²) in [6.07, 6.45) is 5.73. The summed E-state index contributed by atoms with van der Waals surface area (Å²) in [6.45, 7) is 1.20. The van der Waals surface area contributed by atoms with Gasteiger partial charge >= 0.3 is 0 Å². The van der Waals surface area contributed by atoms with E-state index in [2.05, 4.69) is 14.9 Å². The topological polar surface area (TPSA) is 81.1 Å². The molecule has 0 saturated carbocycles. The average Bonchev–Trinajstić information content (AvgIpc) is 2.80. The molecule has 1 aromatic carbocycles. The van der Waals surface area contributed by atoms with Crippen molar-refractivity contribution in [2.45, 2.75) is 38.6 Å². The Kier molecular flexibility index (Phi) is 5.76. The lowest BCUT2D eigenvalue weighted by Gasteiger charge is -2.09. The van der Waals surface area contributed by atoms with Crippen molar-refractivity contribution in [3.05, 3.63) is 41.7 Å². The Bertz CT molecular complexity index is 873. The van der Waals surface area contributed by atoms with Gasteiger partial charge in [0.15, 0.2) is 0 Å². The fourth-order valence-corrected chi connectivity index (χ4v) is 4.00. The van der Waals surface area contributed by atoms with Crippen LogP contribution in [0, 0.1) is 0 Å². The molecule has 0 radical (unpaired) electrons. The second-order valence-electron chi connectivity index (χ2n) is 6.80. The molecule has 0 saturated heterocycles. The first-order valence-corrected chi connectivity index (χ1v) is 11.1. The smallest absolute Gasteiger partial charge is 0.271 e. The van der Waals surface area contributed by atoms with Crippen molar-refractivity contribution in [2.24, 2.45) is 0 Å². The minimum absolute atomic E-state index is 0.0733. The molecule has 0 bridgehead atoms. The van der Waals surface area contributed by atoms with Crippen molar-refractivity contribution in [2.75, 3.05) is 18.6 Å². The zero-order valence-corrected chi connectivity index (χ0v) is 15.9. The summed E-state index contributed by atoms with van der Waals surface area (Å²) in [5.41, 5.74) is 2.47. The van der Waals surface area contributed by atoms with Gasteiger partial charge in [0, 0.05) is 24.9 Å². The van der Waals surface area contributed by atoms with Crippen LogP contribution in [0.3, 0.4) is 0 Å². The molecule has 1 aromatic heterocycles. The van der Waals surface area contributed by atoms with Gasteiger partial charge in [0.05, 0.1) is 11.4 Å². The van der Waals surface area contributed by atoms with Gasteiger partial charge in [-0.2, -0.15) is 0 Å². The van der Waals surface area contributed by atoms with Crippen LogP contribution in [0.1, 0.15) is 41.9 Å². The lowest BCUT2D eigenvalue weighted by molar-refractivity contribution is 0.0948. The van der Waals surface area contributed by atoms with Gasteiger partial charge in [-0.3, -0.25) is 4.79 Å². The van der Waals surface area contributed by atoms with E-state index in [9.17, 15) is 13.2 Å². The monoisotopic (exact) mass is 375 g/mol. The average molecular weight is 375 g/mol. The molecule has 1 aliphatic heterocycles. The molecule has 26 heavy (non-hydrogen) atoms. The Morgan fingerprint density at radius 2 is 1.96 bits per heavy atom. The number of hydrogen-bond donors (Lipinski definition) is 1. The molecule has 2 heterocycles. The van der Waals surface area contributed by atoms with Crippen LogP contribution in [0.2, 0.25) is 0 Å². The van der Waals surface area contributed by atoms with E-state index in [1.165, 1.54) is 6.26 Å². The lowest BCUT2D eigenvalue weighted by atomic mass is 10.1. The summed E-state index contributed by atoms with van der Waals surface area (Å²) in [5, 5.41) is 2.83. The Morgan fingerprint density at radius 1 is 1.19 bits per heavy atom. The first-order valence-electron chi connectivity index (χ1n) is 9.06. The van der Waals surface area contributed by atoms with Crippen molar-refractivity contribution in [1.82, 2.24) is 14.9 Å². The number of aromatic nitrogens is 2. The fraction of sp³-hybridized carbons (Fsp3) is 0.474. The van der Waals surface area contributed by atoms with Crippen molar-refractivity contribution >= 4 is 15.7 Å². The third-order valence-corrected chi connectivity index (χ3v) is 5.62. The Balaban J connectivity index is 1.82. The first-order chi connectivity index (χ1) is 12.5. The SMILES string of the molecule is CS(=O)(=O)CCCNC(=O)c1nc(-c2ccccc2)n2c1CCCCC2. The van der Waals surface area contributed by atoms with Crippen molar-refractivity contribution < 1.29 is 13.2 Å². The minimum atomic E-state index is -3.01. The number of benzene rings is 1. The van der Waals surface area contributed by atoms with E-state index >= 15 is 0 Å². The number of amides is 1. The number of carbonyl (C=O) groups is 1. The van der Waals surface area contributed by atoms with Crippen LogP contribution in [-0.2, 0) is 22.8 Å². The summed E-state index contributed by atoms with van der Waals surface area (Å²) >= 11 is 0. The third kappa shape index (κ3) is 4.52. The van der Waals surface area contributed by atoms with Crippen LogP contribution in [-0.4, -0.2) is 42.4 Å². The fourth-order valence-electron chi connectivity index (χ4n) is 3.33. The Hall–Kier alpha value is -2.15. The van der Waals surface area contributed by atoms with Gasteiger partial charge in [0.2, 0.25) is 0 Å². The van der Waals surface area contributed by atoms with Crippen molar-refractivity contribution in [3.8, 4) is 11.4 Å². The molecule has 0 atom stereocenters. The number of nitrogens with one attached hydrogen (secondary N) is 1. The molecule has 140 valence electrons. The van der Waals surface area contributed by atoms with E-state index in [1.54, 1.807) is 0 Å². The minimum Gasteiger partial charge on any atom is -0.351 e.